The largest absolute Gasteiger partial charge is 0.0897 e. The molecule has 1 heterocycles. The van der Waals surface area contributed by atoms with Crippen molar-refractivity contribution in [3.63, 3.8) is 0 Å². The van der Waals surface area contributed by atoms with Crippen molar-refractivity contribution in [1.82, 2.24) is 0 Å². The summed E-state index contributed by atoms with van der Waals surface area (Å²) in [6.45, 7) is 4.76. The van der Waals surface area contributed by atoms with E-state index in [0.29, 0.717) is 0 Å². The van der Waals surface area contributed by atoms with Crippen molar-refractivity contribution in [1.29, 1.82) is 0 Å². The van der Waals surface area contributed by atoms with Crippen molar-refractivity contribution in [2.24, 2.45) is 0 Å². The summed E-state index contributed by atoms with van der Waals surface area (Å²) in [6.07, 6.45) is 9.96. The van der Waals surface area contributed by atoms with Crippen LogP contribution in [0, 0.1) is 0 Å². The molecule has 2 unspecified atom stereocenters. The van der Waals surface area contributed by atoms with Crippen molar-refractivity contribution in [2.75, 3.05) is 12.3 Å². The number of hydrogen-bond acceptors (Lipinski definition) is 0. The first-order valence-electron chi connectivity index (χ1n) is 7.42. The highest BCUT2D eigenvalue weighted by atomic mass is 31.1. The van der Waals surface area contributed by atoms with E-state index < -0.39 is 0 Å². The maximum atomic E-state index is 2.47. The van der Waals surface area contributed by atoms with Gasteiger partial charge in [-0.25, -0.2) is 0 Å². The zero-order valence-electron chi connectivity index (χ0n) is 11.8. The van der Waals surface area contributed by atoms with Gasteiger partial charge < -0.3 is 0 Å². The van der Waals surface area contributed by atoms with Gasteiger partial charge in [-0.2, -0.15) is 0 Å². The summed E-state index contributed by atoms with van der Waals surface area (Å²) in [6, 6.07) is 9.31. The molecule has 0 amide bonds. The molecule has 1 aromatic rings. The molecule has 18 heavy (non-hydrogen) atoms. The Morgan fingerprint density at radius 1 is 1.28 bits per heavy atom. The van der Waals surface area contributed by atoms with Gasteiger partial charge in [-0.3, -0.25) is 0 Å². The monoisotopic (exact) mass is 280 g/mol. The molecule has 0 aliphatic carbocycles. The molecule has 0 aromatic heterocycles. The predicted molar refractivity (Wildman–Crippen MR) is 88.9 cm³/mol. The van der Waals surface area contributed by atoms with E-state index in [9.17, 15) is 0 Å². The molecule has 0 N–H and O–H groups in total. The number of unbranched alkanes of at least 4 members (excludes halogenated alkanes) is 2. The molecule has 1 aromatic carbocycles. The fraction of sp³-hybridized carbons (Fsp3) is 0.625. The Kier molecular flexibility index (Phi) is 6.13. The van der Waals surface area contributed by atoms with Crippen molar-refractivity contribution >= 4 is 27.1 Å². The Bertz CT molecular complexity index is 362. The van der Waals surface area contributed by atoms with Crippen molar-refractivity contribution < 1.29 is 0 Å². The molecule has 2 heteroatoms. The van der Waals surface area contributed by atoms with Gasteiger partial charge in [0.05, 0.1) is 0 Å². The summed E-state index contributed by atoms with van der Waals surface area (Å²) < 4.78 is 0. The lowest BCUT2D eigenvalue weighted by molar-refractivity contribution is 0.778. The van der Waals surface area contributed by atoms with E-state index in [1.807, 2.05) is 0 Å². The van der Waals surface area contributed by atoms with E-state index in [0.717, 1.165) is 14.2 Å². The maximum Gasteiger partial charge on any atom is -0.0164 e. The summed E-state index contributed by atoms with van der Waals surface area (Å²) in [5, 5.41) is 3.43. The summed E-state index contributed by atoms with van der Waals surface area (Å²) in [5.41, 5.74) is 0.960. The lowest BCUT2D eigenvalue weighted by Crippen LogP contribution is -2.21. The van der Waals surface area contributed by atoms with Crippen LogP contribution in [0.1, 0.15) is 46.0 Å². The molecule has 0 bridgehead atoms. The van der Waals surface area contributed by atoms with Crippen LogP contribution in [-0.4, -0.2) is 18.0 Å². The van der Waals surface area contributed by atoms with Gasteiger partial charge in [0.2, 0.25) is 0 Å². The zero-order valence-corrected chi connectivity index (χ0v) is 13.7. The lowest BCUT2D eigenvalue weighted by atomic mass is 10.3. The highest BCUT2D eigenvalue weighted by Gasteiger charge is 2.25. The van der Waals surface area contributed by atoms with E-state index in [4.69, 9.17) is 0 Å². The van der Waals surface area contributed by atoms with Gasteiger partial charge in [0, 0.05) is 0 Å². The van der Waals surface area contributed by atoms with Gasteiger partial charge in [0.15, 0.2) is 0 Å². The van der Waals surface area contributed by atoms with Crippen molar-refractivity contribution in [3.05, 3.63) is 24.3 Å². The van der Waals surface area contributed by atoms with Crippen LogP contribution in [0.25, 0.3) is 0 Å². The van der Waals surface area contributed by atoms with Gasteiger partial charge >= 0.3 is 0 Å². The van der Waals surface area contributed by atoms with Crippen molar-refractivity contribution in [3.8, 4) is 0 Å². The second-order valence-corrected chi connectivity index (χ2v) is 9.48. The third-order valence-corrected chi connectivity index (χ3v) is 8.62. The Hall–Kier alpha value is 0.0800. The number of benzene rings is 1. The van der Waals surface area contributed by atoms with Crippen LogP contribution in [0.3, 0.4) is 0 Å². The molecule has 0 radical (unpaired) electrons. The minimum Gasteiger partial charge on any atom is -0.0897 e. The minimum atomic E-state index is 0.160. The topological polar surface area (TPSA) is 0 Å². The molecule has 1 aliphatic heterocycles. The third kappa shape index (κ3) is 3.79. The second-order valence-electron chi connectivity index (χ2n) is 5.34. The van der Waals surface area contributed by atoms with E-state index in [-0.39, 0.29) is 7.92 Å². The van der Waals surface area contributed by atoms with Gasteiger partial charge in [0.25, 0.3) is 0 Å². The molecule has 1 saturated heterocycles. The lowest BCUT2D eigenvalue weighted by Gasteiger charge is -2.20. The average molecular weight is 280 g/mol. The quantitative estimate of drug-likeness (QED) is 0.533. The van der Waals surface area contributed by atoms with Gasteiger partial charge in [-0.15, -0.1) is 0 Å². The fourth-order valence-corrected chi connectivity index (χ4v) is 7.44. The van der Waals surface area contributed by atoms with Gasteiger partial charge in [0.1, 0.15) is 0 Å². The molecule has 1 aliphatic rings. The van der Waals surface area contributed by atoms with E-state index in [2.05, 4.69) is 38.1 Å². The van der Waals surface area contributed by atoms with Gasteiger partial charge in [-0.05, 0) is 47.9 Å². The first-order valence-corrected chi connectivity index (χ1v) is 10.2. The smallest absolute Gasteiger partial charge is 0.0164 e. The van der Waals surface area contributed by atoms with Crippen molar-refractivity contribution in [2.45, 2.75) is 51.6 Å². The standard InChI is InChI=1S/C16H26P2/c1-3-4-7-12-17-15-10-5-6-11-16(15)18-13-8-9-14(18)2/h5-6,10-11,14,17H,3-4,7-9,12-13H2,1-2H3/t14-,18?/m1/s1. The highest BCUT2D eigenvalue weighted by Crippen LogP contribution is 2.48. The highest BCUT2D eigenvalue weighted by molar-refractivity contribution is 7.68. The average Bonchev–Trinajstić information content (AvgIpc) is 2.81. The van der Waals surface area contributed by atoms with Crippen LogP contribution < -0.4 is 10.6 Å². The number of hydrogen-bond donors (Lipinski definition) is 0. The van der Waals surface area contributed by atoms with E-state index >= 15 is 0 Å². The van der Waals surface area contributed by atoms with Crippen LogP contribution in [0.15, 0.2) is 24.3 Å². The molecular weight excluding hydrogens is 254 g/mol. The van der Waals surface area contributed by atoms with Crippen LogP contribution in [0.2, 0.25) is 0 Å². The van der Waals surface area contributed by atoms with Crippen LogP contribution in [-0.2, 0) is 0 Å². The number of rotatable bonds is 6. The second kappa shape index (κ2) is 7.62. The zero-order chi connectivity index (χ0) is 12.8. The minimum absolute atomic E-state index is 0.160. The van der Waals surface area contributed by atoms with Gasteiger partial charge in [-0.1, -0.05) is 67.5 Å². The first kappa shape index (κ1) is 14.5. The molecule has 3 atom stereocenters. The maximum absolute atomic E-state index is 2.47. The molecule has 0 nitrogen and oxygen atoms in total. The molecule has 1 fully saturated rings. The molecule has 0 saturated carbocycles. The summed E-state index contributed by atoms with van der Waals surface area (Å²) in [7, 11) is 1.21. The summed E-state index contributed by atoms with van der Waals surface area (Å²) >= 11 is 0. The Morgan fingerprint density at radius 2 is 2.11 bits per heavy atom. The van der Waals surface area contributed by atoms with Crippen LogP contribution >= 0.6 is 16.5 Å². The molecule has 100 valence electrons. The Labute approximate surface area is 115 Å². The third-order valence-electron chi connectivity index (χ3n) is 3.86. The molecular formula is C16H26P2. The van der Waals surface area contributed by atoms with E-state index in [1.54, 1.807) is 10.6 Å². The SMILES string of the molecule is CCCCCPc1ccccc1P1CCC[C@H]1C. The Balaban J connectivity index is 2.01. The predicted octanol–water partition coefficient (Wildman–Crippen LogP) is 4.47. The van der Waals surface area contributed by atoms with Crippen LogP contribution in [0.4, 0.5) is 0 Å². The summed E-state index contributed by atoms with van der Waals surface area (Å²) in [4.78, 5) is 0. The van der Waals surface area contributed by atoms with E-state index in [1.165, 1.54) is 44.4 Å². The Morgan fingerprint density at radius 3 is 2.83 bits per heavy atom. The van der Waals surface area contributed by atoms with Crippen LogP contribution in [0.5, 0.6) is 0 Å². The fourth-order valence-electron chi connectivity index (χ4n) is 2.76. The molecule has 0 spiro atoms. The summed E-state index contributed by atoms with van der Waals surface area (Å²) in [5.74, 6) is 0. The first-order chi connectivity index (χ1) is 8.83. The normalized spacial score (nSPS) is 24.1. The molecule has 2 rings (SSSR count).